The van der Waals surface area contributed by atoms with Crippen molar-refractivity contribution in [3.63, 3.8) is 0 Å². The number of rotatable bonds is 8. The predicted molar refractivity (Wildman–Crippen MR) is 150 cm³/mol. The lowest BCUT2D eigenvalue weighted by Gasteiger charge is -2.20. The molecule has 3 aromatic carbocycles. The first-order valence-corrected chi connectivity index (χ1v) is 13.0. The van der Waals surface area contributed by atoms with Gasteiger partial charge in [0.25, 0.3) is 0 Å². The highest BCUT2D eigenvalue weighted by Crippen LogP contribution is 2.48. The minimum absolute atomic E-state index is 0.0390. The summed E-state index contributed by atoms with van der Waals surface area (Å²) in [5.41, 5.74) is -2.29. The van der Waals surface area contributed by atoms with E-state index in [9.17, 15) is 31.1 Å². The van der Waals surface area contributed by atoms with E-state index in [1.807, 2.05) is 0 Å². The van der Waals surface area contributed by atoms with Crippen LogP contribution >= 0.6 is 23.2 Å². The Kier molecular flexibility index (Phi) is 9.26. The Labute approximate surface area is 251 Å². The molecule has 0 bridgehead atoms. The van der Waals surface area contributed by atoms with Crippen molar-refractivity contribution >= 4 is 29.2 Å². The number of benzene rings is 3. The number of allylic oxidation sites excluding steroid dienone is 2. The average Bonchev–Trinajstić information content (AvgIpc) is 3.33. The molecular formula is C30H20Cl2F6N2O3. The summed E-state index contributed by atoms with van der Waals surface area (Å²) in [6.45, 7) is 3.37. The number of alkyl halides is 6. The smallest absolute Gasteiger partial charge is 0.435 e. The van der Waals surface area contributed by atoms with E-state index in [0.717, 1.165) is 29.0 Å². The minimum atomic E-state index is -4.86. The monoisotopic (exact) mass is 640 g/mol. The normalized spacial score (nSPS) is 12.0. The minimum Gasteiger partial charge on any atom is -0.488 e. The number of aromatic nitrogens is 2. The molecule has 4 rings (SSSR count). The molecule has 1 heterocycles. The van der Waals surface area contributed by atoms with Crippen LogP contribution in [-0.4, -0.2) is 15.7 Å². The molecule has 5 nitrogen and oxygen atoms in total. The maximum absolute atomic E-state index is 13.9. The fourth-order valence-corrected chi connectivity index (χ4v) is 4.40. The number of carbonyl (C=O) groups is 1. The molecule has 0 aliphatic heterocycles. The Hall–Kier alpha value is -4.22. The molecule has 0 spiro atoms. The molecule has 0 saturated carbocycles. The van der Waals surface area contributed by atoms with Crippen molar-refractivity contribution < 1.29 is 40.6 Å². The van der Waals surface area contributed by atoms with Gasteiger partial charge >= 0.3 is 18.3 Å². The summed E-state index contributed by atoms with van der Waals surface area (Å²) in [5, 5.41) is 3.38. The lowest BCUT2D eigenvalue weighted by Crippen LogP contribution is -2.09. The summed E-state index contributed by atoms with van der Waals surface area (Å²) in [4.78, 5) is 12.8. The van der Waals surface area contributed by atoms with Crippen LogP contribution in [0, 0.1) is 0 Å². The zero-order chi connectivity index (χ0) is 31.5. The average molecular weight is 641 g/mol. The molecule has 0 amide bonds. The van der Waals surface area contributed by atoms with Crippen LogP contribution in [0.25, 0.3) is 22.4 Å². The largest absolute Gasteiger partial charge is 0.488 e. The van der Waals surface area contributed by atoms with Gasteiger partial charge in [-0.1, -0.05) is 60.1 Å². The summed E-state index contributed by atoms with van der Waals surface area (Å²) in [6.07, 6.45) is -6.15. The SMILES string of the molecule is C=C/C=C/C(=O)Oc1c(-c2cc(C(F)(F)F)nn2C)ccc(OCc2ccc(Cl)cc2)c1-c1ccc(Cl)c(C(F)(F)F)c1. The number of hydrogen-bond donors (Lipinski definition) is 0. The number of hydrogen-bond acceptors (Lipinski definition) is 4. The summed E-state index contributed by atoms with van der Waals surface area (Å²) < 4.78 is 94.6. The Bertz CT molecular complexity index is 1690. The highest BCUT2D eigenvalue weighted by Gasteiger charge is 2.36. The molecule has 0 aliphatic carbocycles. The van der Waals surface area contributed by atoms with Crippen molar-refractivity contribution in [2.75, 3.05) is 0 Å². The van der Waals surface area contributed by atoms with Crippen LogP contribution in [0.4, 0.5) is 26.3 Å². The molecule has 43 heavy (non-hydrogen) atoms. The summed E-state index contributed by atoms with van der Waals surface area (Å²) in [5.74, 6) is -1.40. The van der Waals surface area contributed by atoms with Gasteiger partial charge in [-0.3, -0.25) is 4.68 Å². The maximum Gasteiger partial charge on any atom is 0.435 e. The van der Waals surface area contributed by atoms with E-state index in [0.29, 0.717) is 10.6 Å². The van der Waals surface area contributed by atoms with E-state index in [1.54, 1.807) is 24.3 Å². The molecule has 1 aromatic heterocycles. The maximum atomic E-state index is 13.9. The molecule has 0 unspecified atom stereocenters. The molecule has 0 saturated heterocycles. The molecule has 0 aliphatic rings. The van der Waals surface area contributed by atoms with Gasteiger partial charge in [0, 0.05) is 23.7 Å². The third-order valence-electron chi connectivity index (χ3n) is 6.00. The number of halogens is 8. The zero-order valence-corrected chi connectivity index (χ0v) is 23.6. The Morgan fingerprint density at radius 1 is 0.977 bits per heavy atom. The van der Waals surface area contributed by atoms with Crippen molar-refractivity contribution in [3.05, 3.63) is 112 Å². The van der Waals surface area contributed by atoms with Crippen LogP contribution in [0.2, 0.25) is 10.0 Å². The fraction of sp³-hybridized carbons (Fsp3) is 0.133. The van der Waals surface area contributed by atoms with Crippen molar-refractivity contribution in [3.8, 4) is 33.9 Å². The van der Waals surface area contributed by atoms with Crippen molar-refractivity contribution in [1.29, 1.82) is 0 Å². The highest BCUT2D eigenvalue weighted by molar-refractivity contribution is 6.31. The van der Waals surface area contributed by atoms with E-state index in [-0.39, 0.29) is 40.5 Å². The van der Waals surface area contributed by atoms with Crippen LogP contribution in [0.15, 0.2) is 85.5 Å². The predicted octanol–water partition coefficient (Wildman–Crippen LogP) is 9.33. The lowest BCUT2D eigenvalue weighted by atomic mass is 9.96. The van der Waals surface area contributed by atoms with Crippen molar-refractivity contribution in [2.45, 2.75) is 19.0 Å². The molecule has 13 heteroatoms. The highest BCUT2D eigenvalue weighted by atomic mass is 35.5. The second-order valence-electron chi connectivity index (χ2n) is 8.98. The third-order valence-corrected chi connectivity index (χ3v) is 6.59. The molecule has 224 valence electrons. The first-order chi connectivity index (χ1) is 20.2. The molecular weight excluding hydrogens is 621 g/mol. The van der Waals surface area contributed by atoms with Gasteiger partial charge in [-0.15, -0.1) is 0 Å². The second-order valence-corrected chi connectivity index (χ2v) is 9.82. The van der Waals surface area contributed by atoms with E-state index >= 15 is 0 Å². The van der Waals surface area contributed by atoms with Gasteiger partial charge in [-0.25, -0.2) is 4.79 Å². The summed E-state index contributed by atoms with van der Waals surface area (Å²) in [7, 11) is 1.24. The molecule has 0 N–H and O–H groups in total. The van der Waals surface area contributed by atoms with E-state index in [2.05, 4.69) is 11.7 Å². The molecule has 0 fully saturated rings. The topological polar surface area (TPSA) is 53.3 Å². The van der Waals surface area contributed by atoms with Crippen LogP contribution in [-0.2, 0) is 30.8 Å². The number of nitrogens with zero attached hydrogens (tertiary/aromatic N) is 2. The molecule has 0 atom stereocenters. The number of carbonyl (C=O) groups excluding carboxylic acids is 1. The first kappa shape index (κ1) is 31.7. The third kappa shape index (κ3) is 7.41. The van der Waals surface area contributed by atoms with Crippen molar-refractivity contribution in [2.24, 2.45) is 7.05 Å². The van der Waals surface area contributed by atoms with Gasteiger partial charge in [0.1, 0.15) is 12.4 Å². The van der Waals surface area contributed by atoms with Crippen molar-refractivity contribution in [1.82, 2.24) is 9.78 Å². The van der Waals surface area contributed by atoms with E-state index < -0.39 is 34.6 Å². The molecule has 4 aromatic rings. The van der Waals surface area contributed by atoms with Crippen LogP contribution in [0.5, 0.6) is 11.5 Å². The fourth-order valence-electron chi connectivity index (χ4n) is 4.04. The standard InChI is InChI=1S/C30H20Cl2F6N2O3/c1-3-4-5-26(41)43-28-20(23-15-25(30(36,37)38)39-40(23)2)11-13-24(42-16-17-6-9-19(31)10-7-17)27(28)18-8-12-22(32)21(14-18)29(33,34)35/h3-15H,1,16H2,2H3/b5-4+. The lowest BCUT2D eigenvalue weighted by molar-refractivity contribution is -0.141. The van der Waals surface area contributed by atoms with Crippen LogP contribution in [0.1, 0.15) is 16.8 Å². The number of aryl methyl sites for hydroxylation is 1. The van der Waals surface area contributed by atoms with E-state index in [1.165, 1.54) is 37.4 Å². The Morgan fingerprint density at radius 3 is 2.28 bits per heavy atom. The van der Waals surface area contributed by atoms with Gasteiger partial charge in [0.15, 0.2) is 11.4 Å². The quantitative estimate of drug-likeness (QED) is 0.0633. The summed E-state index contributed by atoms with van der Waals surface area (Å²) >= 11 is 11.8. The Balaban J connectivity index is 2.00. The van der Waals surface area contributed by atoms with Gasteiger partial charge in [-0.05, 0) is 53.6 Å². The first-order valence-electron chi connectivity index (χ1n) is 12.2. The molecule has 0 radical (unpaired) electrons. The summed E-state index contributed by atoms with van der Waals surface area (Å²) in [6, 6.07) is 12.9. The zero-order valence-electron chi connectivity index (χ0n) is 22.1. The van der Waals surface area contributed by atoms with Gasteiger partial charge < -0.3 is 9.47 Å². The number of esters is 1. The second kappa shape index (κ2) is 12.6. The van der Waals surface area contributed by atoms with Gasteiger partial charge in [-0.2, -0.15) is 31.4 Å². The van der Waals surface area contributed by atoms with Crippen LogP contribution < -0.4 is 9.47 Å². The van der Waals surface area contributed by atoms with E-state index in [4.69, 9.17) is 32.7 Å². The Morgan fingerprint density at radius 2 is 1.67 bits per heavy atom. The van der Waals surface area contributed by atoms with Gasteiger partial charge in [0.05, 0.1) is 21.8 Å². The number of ether oxygens (including phenoxy) is 2. The van der Waals surface area contributed by atoms with Gasteiger partial charge in [0.2, 0.25) is 0 Å². The van der Waals surface area contributed by atoms with Crippen LogP contribution in [0.3, 0.4) is 0 Å².